The van der Waals surface area contributed by atoms with Crippen molar-refractivity contribution >= 4 is 5.69 Å². The van der Waals surface area contributed by atoms with E-state index in [2.05, 4.69) is 43.4 Å². The third kappa shape index (κ3) is 4.96. The van der Waals surface area contributed by atoms with Crippen molar-refractivity contribution in [3.8, 4) is 5.75 Å². The van der Waals surface area contributed by atoms with Gasteiger partial charge in [0.15, 0.2) is 0 Å². The van der Waals surface area contributed by atoms with E-state index < -0.39 is 0 Å². The smallest absolute Gasteiger partial charge is 0.119 e. The van der Waals surface area contributed by atoms with E-state index >= 15 is 0 Å². The number of hydrogen-bond donors (Lipinski definition) is 1. The molecule has 0 amide bonds. The standard InChI is InChI=1S/C18H23NO/c1-15(2)11-12-20-18-10-6-7-16(13-18)14-19-17-8-4-3-5-9-17/h3-10,13,15,19H,11-12,14H2,1-2H3. The maximum absolute atomic E-state index is 5.78. The van der Waals surface area contributed by atoms with E-state index in [1.165, 1.54) is 5.56 Å². The summed E-state index contributed by atoms with van der Waals surface area (Å²) in [6.07, 6.45) is 1.09. The van der Waals surface area contributed by atoms with Crippen molar-refractivity contribution in [3.05, 3.63) is 60.2 Å². The predicted octanol–water partition coefficient (Wildman–Crippen LogP) is 4.72. The molecule has 0 aliphatic carbocycles. The molecule has 2 aromatic rings. The molecule has 0 atom stereocenters. The topological polar surface area (TPSA) is 21.3 Å². The van der Waals surface area contributed by atoms with Crippen molar-refractivity contribution in [1.82, 2.24) is 0 Å². The summed E-state index contributed by atoms with van der Waals surface area (Å²) in [4.78, 5) is 0. The second-order valence-electron chi connectivity index (χ2n) is 5.40. The minimum Gasteiger partial charge on any atom is -0.494 e. The lowest BCUT2D eigenvalue weighted by Crippen LogP contribution is -2.03. The van der Waals surface area contributed by atoms with Gasteiger partial charge in [-0.05, 0) is 42.2 Å². The zero-order chi connectivity index (χ0) is 14.2. The van der Waals surface area contributed by atoms with Crippen LogP contribution in [0, 0.1) is 5.92 Å². The van der Waals surface area contributed by atoms with Crippen LogP contribution >= 0.6 is 0 Å². The van der Waals surface area contributed by atoms with E-state index in [-0.39, 0.29) is 0 Å². The van der Waals surface area contributed by atoms with E-state index in [0.717, 1.165) is 31.0 Å². The SMILES string of the molecule is CC(C)CCOc1cccc(CNc2ccccc2)c1. The first kappa shape index (κ1) is 14.4. The van der Waals surface area contributed by atoms with Gasteiger partial charge in [-0.25, -0.2) is 0 Å². The molecule has 0 aliphatic rings. The molecule has 0 heterocycles. The summed E-state index contributed by atoms with van der Waals surface area (Å²) in [6, 6.07) is 18.5. The van der Waals surface area contributed by atoms with Crippen LogP contribution in [0.15, 0.2) is 54.6 Å². The van der Waals surface area contributed by atoms with Crippen molar-refractivity contribution in [2.45, 2.75) is 26.8 Å². The molecule has 2 aromatic carbocycles. The number of para-hydroxylation sites is 1. The lowest BCUT2D eigenvalue weighted by atomic mass is 10.1. The Bertz CT molecular complexity index is 508. The molecular weight excluding hydrogens is 246 g/mol. The fourth-order valence-corrected chi connectivity index (χ4v) is 1.92. The molecule has 1 N–H and O–H groups in total. The van der Waals surface area contributed by atoms with Crippen molar-refractivity contribution in [2.75, 3.05) is 11.9 Å². The van der Waals surface area contributed by atoms with Gasteiger partial charge in [0.1, 0.15) is 5.75 Å². The van der Waals surface area contributed by atoms with Gasteiger partial charge in [-0.2, -0.15) is 0 Å². The highest BCUT2D eigenvalue weighted by atomic mass is 16.5. The van der Waals surface area contributed by atoms with Crippen LogP contribution in [0.3, 0.4) is 0 Å². The fourth-order valence-electron chi connectivity index (χ4n) is 1.92. The van der Waals surface area contributed by atoms with E-state index in [0.29, 0.717) is 5.92 Å². The normalized spacial score (nSPS) is 10.6. The summed E-state index contributed by atoms with van der Waals surface area (Å²) in [7, 11) is 0. The van der Waals surface area contributed by atoms with Crippen molar-refractivity contribution in [3.63, 3.8) is 0 Å². The van der Waals surface area contributed by atoms with Gasteiger partial charge in [-0.15, -0.1) is 0 Å². The number of nitrogens with one attached hydrogen (secondary N) is 1. The molecule has 2 rings (SSSR count). The van der Waals surface area contributed by atoms with Crippen LogP contribution in [-0.4, -0.2) is 6.61 Å². The van der Waals surface area contributed by atoms with Crippen LogP contribution in [0.2, 0.25) is 0 Å². The Morgan fingerprint density at radius 2 is 1.80 bits per heavy atom. The molecule has 106 valence electrons. The molecule has 2 heteroatoms. The molecule has 20 heavy (non-hydrogen) atoms. The van der Waals surface area contributed by atoms with Crippen LogP contribution < -0.4 is 10.1 Å². The van der Waals surface area contributed by atoms with Gasteiger partial charge in [-0.1, -0.05) is 44.2 Å². The largest absolute Gasteiger partial charge is 0.494 e. The van der Waals surface area contributed by atoms with Crippen molar-refractivity contribution < 1.29 is 4.74 Å². The minimum atomic E-state index is 0.679. The van der Waals surface area contributed by atoms with Gasteiger partial charge >= 0.3 is 0 Å². The Labute approximate surface area is 121 Å². The second-order valence-corrected chi connectivity index (χ2v) is 5.40. The average Bonchev–Trinajstić information content (AvgIpc) is 2.46. The molecule has 0 radical (unpaired) electrons. The average molecular weight is 269 g/mol. The van der Waals surface area contributed by atoms with Crippen LogP contribution in [0.25, 0.3) is 0 Å². The monoisotopic (exact) mass is 269 g/mol. The first-order valence-corrected chi connectivity index (χ1v) is 7.24. The van der Waals surface area contributed by atoms with E-state index in [1.54, 1.807) is 0 Å². The minimum absolute atomic E-state index is 0.679. The number of benzene rings is 2. The summed E-state index contributed by atoms with van der Waals surface area (Å²) in [5.74, 6) is 1.64. The summed E-state index contributed by atoms with van der Waals surface area (Å²) >= 11 is 0. The number of anilines is 1. The van der Waals surface area contributed by atoms with Crippen molar-refractivity contribution in [2.24, 2.45) is 5.92 Å². The Hall–Kier alpha value is -1.96. The van der Waals surface area contributed by atoms with Crippen LogP contribution in [-0.2, 0) is 6.54 Å². The molecule has 0 unspecified atom stereocenters. The van der Waals surface area contributed by atoms with Crippen LogP contribution in [0.4, 0.5) is 5.69 Å². The van der Waals surface area contributed by atoms with Crippen LogP contribution in [0.1, 0.15) is 25.8 Å². The summed E-state index contributed by atoms with van der Waals surface area (Å²) in [5, 5.41) is 3.41. The lowest BCUT2D eigenvalue weighted by molar-refractivity contribution is 0.289. The Kier molecular flexibility index (Phi) is 5.48. The summed E-state index contributed by atoms with van der Waals surface area (Å²) in [5.41, 5.74) is 2.37. The maximum Gasteiger partial charge on any atom is 0.119 e. The molecule has 0 saturated carbocycles. The molecular formula is C18H23NO. The lowest BCUT2D eigenvalue weighted by Gasteiger charge is -2.10. The van der Waals surface area contributed by atoms with Gasteiger partial charge in [0.05, 0.1) is 6.61 Å². The van der Waals surface area contributed by atoms with Gasteiger partial charge in [0, 0.05) is 12.2 Å². The first-order chi connectivity index (χ1) is 9.74. The summed E-state index contributed by atoms with van der Waals surface area (Å²) in [6.45, 7) is 6.02. The predicted molar refractivity (Wildman–Crippen MR) is 85.2 cm³/mol. The number of ether oxygens (including phenoxy) is 1. The number of hydrogen-bond acceptors (Lipinski definition) is 2. The number of rotatable bonds is 7. The third-order valence-corrected chi connectivity index (χ3v) is 3.13. The van der Waals surface area contributed by atoms with E-state index in [4.69, 9.17) is 4.74 Å². The molecule has 0 saturated heterocycles. The highest BCUT2D eigenvalue weighted by Gasteiger charge is 1.99. The maximum atomic E-state index is 5.78. The van der Waals surface area contributed by atoms with E-state index in [9.17, 15) is 0 Å². The van der Waals surface area contributed by atoms with E-state index in [1.807, 2.05) is 30.3 Å². The quantitative estimate of drug-likeness (QED) is 0.785. The fraction of sp³-hybridized carbons (Fsp3) is 0.333. The highest BCUT2D eigenvalue weighted by Crippen LogP contribution is 2.16. The van der Waals surface area contributed by atoms with Gasteiger partial charge in [0.25, 0.3) is 0 Å². The first-order valence-electron chi connectivity index (χ1n) is 7.24. The highest BCUT2D eigenvalue weighted by molar-refractivity contribution is 5.43. The van der Waals surface area contributed by atoms with Gasteiger partial charge in [-0.3, -0.25) is 0 Å². The molecule has 0 aliphatic heterocycles. The molecule has 0 bridgehead atoms. The molecule has 0 spiro atoms. The second kappa shape index (κ2) is 7.59. The Morgan fingerprint density at radius 3 is 2.55 bits per heavy atom. The third-order valence-electron chi connectivity index (χ3n) is 3.13. The van der Waals surface area contributed by atoms with Gasteiger partial charge < -0.3 is 10.1 Å². The summed E-state index contributed by atoms with van der Waals surface area (Å²) < 4.78 is 5.78. The Balaban J connectivity index is 1.86. The Morgan fingerprint density at radius 1 is 1.00 bits per heavy atom. The van der Waals surface area contributed by atoms with Gasteiger partial charge in [0.2, 0.25) is 0 Å². The zero-order valence-corrected chi connectivity index (χ0v) is 12.3. The van der Waals surface area contributed by atoms with Crippen LogP contribution in [0.5, 0.6) is 5.75 Å². The molecule has 0 fully saturated rings. The van der Waals surface area contributed by atoms with Crippen molar-refractivity contribution in [1.29, 1.82) is 0 Å². The zero-order valence-electron chi connectivity index (χ0n) is 12.3. The molecule has 0 aromatic heterocycles. The molecule has 2 nitrogen and oxygen atoms in total.